The molecular formula is C11H18N4O3S. The maximum Gasteiger partial charge on any atom is 0.344 e. The first-order valence-electron chi connectivity index (χ1n) is 6.19. The van der Waals surface area contributed by atoms with E-state index in [1.165, 1.54) is 11.8 Å². The van der Waals surface area contributed by atoms with Crippen molar-refractivity contribution < 1.29 is 9.90 Å². The van der Waals surface area contributed by atoms with E-state index in [1.807, 2.05) is 13.8 Å². The lowest BCUT2D eigenvalue weighted by Crippen LogP contribution is -2.45. The van der Waals surface area contributed by atoms with Gasteiger partial charge in [0, 0.05) is 11.3 Å². The summed E-state index contributed by atoms with van der Waals surface area (Å²) in [7, 11) is 0. The van der Waals surface area contributed by atoms with Gasteiger partial charge in [-0.3, -0.25) is 9.36 Å². The SMILES string of the molecule is CC(C)n1c(SC2CCC(N)(C(=O)O)C2)n[nH]c1=O. The van der Waals surface area contributed by atoms with Gasteiger partial charge >= 0.3 is 11.7 Å². The van der Waals surface area contributed by atoms with Crippen molar-refractivity contribution in [3.8, 4) is 0 Å². The molecule has 1 saturated carbocycles. The maximum atomic E-state index is 11.6. The third-order valence-electron chi connectivity index (χ3n) is 3.39. The van der Waals surface area contributed by atoms with Crippen molar-refractivity contribution in [2.75, 3.05) is 0 Å². The minimum atomic E-state index is -1.14. The van der Waals surface area contributed by atoms with E-state index in [4.69, 9.17) is 10.8 Å². The number of rotatable bonds is 4. The second kappa shape index (κ2) is 5.01. The highest BCUT2D eigenvalue weighted by atomic mass is 32.2. The number of hydrogen-bond acceptors (Lipinski definition) is 5. The summed E-state index contributed by atoms with van der Waals surface area (Å²) in [4.78, 5) is 22.7. The van der Waals surface area contributed by atoms with Gasteiger partial charge in [-0.1, -0.05) is 11.8 Å². The fourth-order valence-corrected chi connectivity index (χ4v) is 3.72. The first-order chi connectivity index (χ1) is 8.83. The molecule has 2 rings (SSSR count). The van der Waals surface area contributed by atoms with E-state index in [2.05, 4.69) is 10.2 Å². The maximum absolute atomic E-state index is 11.6. The molecule has 1 fully saturated rings. The van der Waals surface area contributed by atoms with Crippen molar-refractivity contribution in [1.29, 1.82) is 0 Å². The minimum absolute atomic E-state index is 0.0114. The molecule has 1 heterocycles. The van der Waals surface area contributed by atoms with E-state index in [0.717, 1.165) is 0 Å². The summed E-state index contributed by atoms with van der Waals surface area (Å²) >= 11 is 1.42. The fourth-order valence-electron chi connectivity index (χ4n) is 2.30. The average Bonchev–Trinajstić information content (AvgIpc) is 2.84. The van der Waals surface area contributed by atoms with Crippen LogP contribution in [-0.2, 0) is 4.79 Å². The molecule has 0 aromatic carbocycles. The molecule has 2 unspecified atom stereocenters. The van der Waals surface area contributed by atoms with Crippen LogP contribution in [0.2, 0.25) is 0 Å². The fraction of sp³-hybridized carbons (Fsp3) is 0.727. The van der Waals surface area contributed by atoms with Crippen LogP contribution in [0.5, 0.6) is 0 Å². The number of thioether (sulfide) groups is 1. The van der Waals surface area contributed by atoms with Gasteiger partial charge in [-0.15, -0.1) is 5.10 Å². The summed E-state index contributed by atoms with van der Waals surface area (Å²) in [6.07, 6.45) is 1.56. The summed E-state index contributed by atoms with van der Waals surface area (Å²) in [6.45, 7) is 3.81. The Balaban J connectivity index is 2.12. The molecule has 0 aliphatic heterocycles. The monoisotopic (exact) mass is 286 g/mol. The van der Waals surface area contributed by atoms with Crippen LogP contribution in [0, 0.1) is 0 Å². The zero-order valence-corrected chi connectivity index (χ0v) is 11.7. The number of carbonyl (C=O) groups is 1. The van der Waals surface area contributed by atoms with Crippen LogP contribution in [0.3, 0.4) is 0 Å². The van der Waals surface area contributed by atoms with Crippen molar-refractivity contribution in [1.82, 2.24) is 14.8 Å². The number of nitrogens with one attached hydrogen (secondary N) is 1. The van der Waals surface area contributed by atoms with Crippen LogP contribution in [0.25, 0.3) is 0 Å². The molecule has 2 atom stereocenters. The molecule has 7 nitrogen and oxygen atoms in total. The van der Waals surface area contributed by atoms with E-state index in [1.54, 1.807) is 4.57 Å². The highest BCUT2D eigenvalue weighted by molar-refractivity contribution is 7.99. The van der Waals surface area contributed by atoms with Gasteiger partial charge in [0.2, 0.25) is 0 Å². The molecular weight excluding hydrogens is 268 g/mol. The molecule has 0 bridgehead atoms. The Morgan fingerprint density at radius 1 is 1.68 bits per heavy atom. The second-order valence-electron chi connectivity index (χ2n) is 5.22. The lowest BCUT2D eigenvalue weighted by molar-refractivity contribution is -0.143. The van der Waals surface area contributed by atoms with Gasteiger partial charge in [0.1, 0.15) is 5.54 Å². The number of aliphatic carboxylic acids is 1. The van der Waals surface area contributed by atoms with Crippen molar-refractivity contribution in [2.45, 2.75) is 55.1 Å². The van der Waals surface area contributed by atoms with Gasteiger partial charge in [0.15, 0.2) is 5.16 Å². The van der Waals surface area contributed by atoms with Crippen LogP contribution in [0.1, 0.15) is 39.2 Å². The average molecular weight is 286 g/mol. The normalized spacial score (nSPS) is 27.1. The Labute approximate surface area is 114 Å². The summed E-state index contributed by atoms with van der Waals surface area (Å²) in [5.41, 5.74) is 4.45. The van der Waals surface area contributed by atoms with Gasteiger partial charge < -0.3 is 10.8 Å². The quantitative estimate of drug-likeness (QED) is 0.746. The highest BCUT2D eigenvalue weighted by Crippen LogP contribution is 2.38. The number of aromatic nitrogens is 3. The molecule has 0 radical (unpaired) electrons. The first kappa shape index (κ1) is 14.1. The van der Waals surface area contributed by atoms with Crippen LogP contribution in [0.4, 0.5) is 0 Å². The van der Waals surface area contributed by atoms with Crippen molar-refractivity contribution >= 4 is 17.7 Å². The Kier molecular flexibility index (Phi) is 3.73. The Morgan fingerprint density at radius 2 is 2.37 bits per heavy atom. The van der Waals surface area contributed by atoms with E-state index >= 15 is 0 Å². The smallest absolute Gasteiger partial charge is 0.344 e. The predicted molar refractivity (Wildman–Crippen MR) is 71.3 cm³/mol. The zero-order chi connectivity index (χ0) is 14.2. The van der Waals surface area contributed by atoms with Gasteiger partial charge in [-0.2, -0.15) is 0 Å². The standard InChI is InChI=1S/C11H18N4O3S/c1-6(2)15-9(18)13-14-10(15)19-7-3-4-11(12,5-7)8(16)17/h6-7H,3-5,12H2,1-2H3,(H,13,18)(H,16,17). The molecule has 1 aromatic heterocycles. The van der Waals surface area contributed by atoms with Crippen LogP contribution in [-0.4, -0.2) is 36.6 Å². The summed E-state index contributed by atoms with van der Waals surface area (Å²) in [6, 6.07) is 0.0114. The molecule has 1 aromatic rings. The van der Waals surface area contributed by atoms with Gasteiger partial charge in [0.05, 0.1) is 0 Å². The van der Waals surface area contributed by atoms with Crippen molar-refractivity contribution in [3.63, 3.8) is 0 Å². The number of H-pyrrole nitrogens is 1. The van der Waals surface area contributed by atoms with Gasteiger partial charge in [-0.25, -0.2) is 9.89 Å². The number of carboxylic acid groups (broad SMARTS) is 1. The molecule has 1 aliphatic carbocycles. The van der Waals surface area contributed by atoms with Crippen LogP contribution in [0.15, 0.2) is 9.95 Å². The van der Waals surface area contributed by atoms with Gasteiger partial charge in [0.25, 0.3) is 0 Å². The lowest BCUT2D eigenvalue weighted by atomic mass is 10.0. The molecule has 8 heteroatoms. The van der Waals surface area contributed by atoms with Crippen molar-refractivity contribution in [3.05, 3.63) is 10.5 Å². The number of aromatic amines is 1. The molecule has 0 saturated heterocycles. The largest absolute Gasteiger partial charge is 0.480 e. The highest BCUT2D eigenvalue weighted by Gasteiger charge is 2.42. The Bertz CT molecular complexity index is 538. The van der Waals surface area contributed by atoms with Crippen LogP contribution < -0.4 is 11.4 Å². The van der Waals surface area contributed by atoms with Crippen LogP contribution >= 0.6 is 11.8 Å². The molecule has 0 spiro atoms. The van der Waals surface area contributed by atoms with E-state index < -0.39 is 11.5 Å². The minimum Gasteiger partial charge on any atom is -0.480 e. The zero-order valence-electron chi connectivity index (χ0n) is 10.9. The Morgan fingerprint density at radius 3 is 2.89 bits per heavy atom. The van der Waals surface area contributed by atoms with E-state index in [-0.39, 0.29) is 17.0 Å². The topological polar surface area (TPSA) is 114 Å². The van der Waals surface area contributed by atoms with Crippen molar-refractivity contribution in [2.24, 2.45) is 5.73 Å². The first-order valence-corrected chi connectivity index (χ1v) is 7.07. The second-order valence-corrected chi connectivity index (χ2v) is 6.49. The van der Waals surface area contributed by atoms with E-state index in [0.29, 0.717) is 24.4 Å². The number of nitrogens with two attached hydrogens (primary N) is 1. The lowest BCUT2D eigenvalue weighted by Gasteiger charge is -2.18. The number of hydrogen-bond donors (Lipinski definition) is 3. The molecule has 19 heavy (non-hydrogen) atoms. The summed E-state index contributed by atoms with van der Waals surface area (Å²) < 4.78 is 1.57. The number of nitrogens with zero attached hydrogens (tertiary/aromatic N) is 2. The summed E-state index contributed by atoms with van der Waals surface area (Å²) in [5.74, 6) is -0.959. The number of carboxylic acids is 1. The molecule has 4 N–H and O–H groups in total. The molecule has 0 amide bonds. The van der Waals surface area contributed by atoms with E-state index in [9.17, 15) is 9.59 Å². The predicted octanol–water partition coefficient (Wildman–Crippen LogP) is 0.579. The third kappa shape index (κ3) is 2.69. The molecule has 1 aliphatic rings. The molecule has 106 valence electrons. The Hall–Kier alpha value is -1.28. The summed E-state index contributed by atoms with van der Waals surface area (Å²) in [5, 5.41) is 16.2. The van der Waals surface area contributed by atoms with Gasteiger partial charge in [-0.05, 0) is 33.1 Å². The third-order valence-corrected chi connectivity index (χ3v) is 4.63.